The van der Waals surface area contributed by atoms with E-state index in [1.807, 2.05) is 66.7 Å². The third-order valence-electron chi connectivity index (χ3n) is 4.84. The summed E-state index contributed by atoms with van der Waals surface area (Å²) >= 11 is 4.88. The molecule has 0 spiro atoms. The molecule has 0 saturated heterocycles. The molecule has 0 bridgehead atoms. The zero-order valence-corrected chi connectivity index (χ0v) is 20.8. The Balaban J connectivity index is 1.51. The van der Waals surface area contributed by atoms with Gasteiger partial charge in [0.05, 0.1) is 10.0 Å². The molecule has 0 saturated carbocycles. The lowest BCUT2D eigenvalue weighted by atomic mass is 10.1. The molecule has 5 nitrogen and oxygen atoms in total. The van der Waals surface area contributed by atoms with Crippen molar-refractivity contribution in [1.29, 1.82) is 0 Å². The van der Waals surface area contributed by atoms with Gasteiger partial charge in [0.25, 0.3) is 5.91 Å². The van der Waals surface area contributed by atoms with E-state index in [2.05, 4.69) is 21.2 Å². The van der Waals surface area contributed by atoms with Gasteiger partial charge in [-0.2, -0.15) is 0 Å². The number of hydrogen-bond donors (Lipinski definition) is 2. The first-order valence-electron chi connectivity index (χ1n) is 10.6. The molecule has 35 heavy (non-hydrogen) atoms. The van der Waals surface area contributed by atoms with E-state index in [9.17, 15) is 14.7 Å². The third kappa shape index (κ3) is 6.62. The Labute approximate surface area is 215 Å². The van der Waals surface area contributed by atoms with Crippen LogP contribution in [0.4, 0.5) is 0 Å². The van der Waals surface area contributed by atoms with Crippen molar-refractivity contribution in [3.63, 3.8) is 0 Å². The molecule has 0 aliphatic rings. The summed E-state index contributed by atoms with van der Waals surface area (Å²) in [4.78, 5) is 26.6. The number of rotatable bonds is 8. The largest absolute Gasteiger partial charge is 0.477 e. The predicted molar refractivity (Wildman–Crippen MR) is 141 cm³/mol. The van der Waals surface area contributed by atoms with Crippen LogP contribution in [0.25, 0.3) is 6.08 Å². The van der Waals surface area contributed by atoms with Crippen molar-refractivity contribution in [2.24, 2.45) is 0 Å². The number of carbonyl (C=O) groups is 2. The molecular weight excluding hydrogens is 526 g/mol. The monoisotopic (exact) mass is 545 g/mol. The molecule has 4 rings (SSSR count). The number of amides is 1. The predicted octanol–water partition coefficient (Wildman–Crippen LogP) is 7.25. The van der Waals surface area contributed by atoms with Gasteiger partial charge in [-0.1, -0.05) is 66.4 Å². The van der Waals surface area contributed by atoms with Crippen molar-refractivity contribution in [2.45, 2.75) is 9.79 Å². The van der Waals surface area contributed by atoms with Gasteiger partial charge in [-0.05, 0) is 76.1 Å². The van der Waals surface area contributed by atoms with Gasteiger partial charge in [0.2, 0.25) is 0 Å². The quantitative estimate of drug-likeness (QED) is 0.228. The van der Waals surface area contributed by atoms with Gasteiger partial charge in [-0.15, -0.1) is 0 Å². The zero-order chi connectivity index (χ0) is 24.6. The Morgan fingerprint density at radius 2 is 1.49 bits per heavy atom. The van der Waals surface area contributed by atoms with Gasteiger partial charge in [-0.3, -0.25) is 4.79 Å². The molecule has 0 aliphatic heterocycles. The average Bonchev–Trinajstić information content (AvgIpc) is 2.87. The first kappa shape index (κ1) is 24.3. The summed E-state index contributed by atoms with van der Waals surface area (Å²) in [5, 5.41) is 12.2. The highest BCUT2D eigenvalue weighted by Crippen LogP contribution is 2.31. The van der Waals surface area contributed by atoms with Gasteiger partial charge in [-0.25, -0.2) is 4.79 Å². The van der Waals surface area contributed by atoms with E-state index in [0.29, 0.717) is 22.6 Å². The van der Waals surface area contributed by atoms with Crippen LogP contribution in [-0.2, 0) is 4.79 Å². The fourth-order valence-electron chi connectivity index (χ4n) is 3.15. The van der Waals surface area contributed by atoms with E-state index in [-0.39, 0.29) is 5.70 Å². The second-order valence-electron chi connectivity index (χ2n) is 7.33. The maximum atomic E-state index is 13.0. The lowest BCUT2D eigenvalue weighted by Gasteiger charge is -2.11. The minimum atomic E-state index is -1.24. The summed E-state index contributed by atoms with van der Waals surface area (Å²) in [6, 6.07) is 31.2. The second kappa shape index (κ2) is 11.6. The molecule has 0 fully saturated rings. The molecule has 0 radical (unpaired) electrons. The van der Waals surface area contributed by atoms with Gasteiger partial charge in [0.1, 0.15) is 17.2 Å². The van der Waals surface area contributed by atoms with E-state index < -0.39 is 11.9 Å². The lowest BCUT2D eigenvalue weighted by Crippen LogP contribution is -2.27. The minimum Gasteiger partial charge on any atom is -0.477 e. The number of para-hydroxylation sites is 1. The van der Waals surface area contributed by atoms with Crippen LogP contribution in [-0.4, -0.2) is 17.0 Å². The number of carboxylic acid groups (broad SMARTS) is 1. The summed E-state index contributed by atoms with van der Waals surface area (Å²) in [7, 11) is 0. The number of halogens is 1. The van der Waals surface area contributed by atoms with Crippen LogP contribution in [0.2, 0.25) is 0 Å². The van der Waals surface area contributed by atoms with Crippen LogP contribution in [0.1, 0.15) is 15.9 Å². The number of benzene rings is 4. The fraction of sp³-hybridized carbons (Fsp3) is 0. The molecule has 4 aromatic carbocycles. The Morgan fingerprint density at radius 1 is 0.829 bits per heavy atom. The summed E-state index contributed by atoms with van der Waals surface area (Å²) in [5.41, 5.74) is 0.772. The Bertz CT molecular complexity index is 1370. The van der Waals surface area contributed by atoms with Crippen LogP contribution in [0.5, 0.6) is 11.5 Å². The van der Waals surface area contributed by atoms with Crippen molar-refractivity contribution in [2.75, 3.05) is 0 Å². The summed E-state index contributed by atoms with van der Waals surface area (Å²) in [5.74, 6) is -0.463. The number of hydrogen-bond acceptors (Lipinski definition) is 4. The number of carboxylic acids is 1. The zero-order valence-electron chi connectivity index (χ0n) is 18.4. The van der Waals surface area contributed by atoms with E-state index >= 15 is 0 Å². The van der Waals surface area contributed by atoms with E-state index in [1.165, 1.54) is 17.8 Å². The van der Waals surface area contributed by atoms with Crippen molar-refractivity contribution in [1.82, 2.24) is 5.32 Å². The standard InChI is InChI=1S/C28H20BrNO4S/c29-23-11-5-6-12-25(23)34-20-16-14-19(15-17-20)18-24(28(32)33)30-27(31)22-10-4-7-13-26(22)35-21-8-2-1-3-9-21/h1-18H,(H,30,31)(H,32,33)/b24-18-. The van der Waals surface area contributed by atoms with Crippen molar-refractivity contribution < 1.29 is 19.4 Å². The smallest absolute Gasteiger partial charge is 0.352 e. The number of aliphatic carboxylic acids is 1. The summed E-state index contributed by atoms with van der Waals surface area (Å²) in [6.45, 7) is 0. The molecule has 0 aromatic heterocycles. The first-order valence-corrected chi connectivity index (χ1v) is 12.2. The Kier molecular flexibility index (Phi) is 8.03. The van der Waals surface area contributed by atoms with Crippen LogP contribution in [0.3, 0.4) is 0 Å². The van der Waals surface area contributed by atoms with Crippen molar-refractivity contribution in [3.8, 4) is 11.5 Å². The van der Waals surface area contributed by atoms with Gasteiger partial charge < -0.3 is 15.2 Å². The van der Waals surface area contributed by atoms with Gasteiger partial charge >= 0.3 is 5.97 Å². The summed E-state index contributed by atoms with van der Waals surface area (Å²) in [6.07, 6.45) is 1.41. The van der Waals surface area contributed by atoms with Gasteiger partial charge in [0, 0.05) is 9.79 Å². The molecular formula is C28H20BrNO4S. The topological polar surface area (TPSA) is 75.6 Å². The van der Waals surface area contributed by atoms with Crippen LogP contribution in [0.15, 0.2) is 123 Å². The second-order valence-corrected chi connectivity index (χ2v) is 9.30. The van der Waals surface area contributed by atoms with Crippen LogP contribution in [0, 0.1) is 0 Å². The molecule has 1 amide bonds. The fourth-order valence-corrected chi connectivity index (χ4v) is 4.48. The highest BCUT2D eigenvalue weighted by molar-refractivity contribution is 9.10. The maximum Gasteiger partial charge on any atom is 0.352 e. The minimum absolute atomic E-state index is 0.228. The third-order valence-corrected chi connectivity index (χ3v) is 6.58. The molecule has 2 N–H and O–H groups in total. The van der Waals surface area contributed by atoms with Crippen LogP contribution >= 0.6 is 27.7 Å². The van der Waals surface area contributed by atoms with E-state index in [4.69, 9.17) is 4.74 Å². The van der Waals surface area contributed by atoms with E-state index in [1.54, 1.807) is 36.4 Å². The Hall–Kier alpha value is -3.81. The highest BCUT2D eigenvalue weighted by atomic mass is 79.9. The lowest BCUT2D eigenvalue weighted by molar-refractivity contribution is -0.132. The van der Waals surface area contributed by atoms with Gasteiger partial charge in [0.15, 0.2) is 0 Å². The molecule has 4 aromatic rings. The SMILES string of the molecule is O=C(O)/C(=C/c1ccc(Oc2ccccc2Br)cc1)NC(=O)c1ccccc1Sc1ccccc1. The highest BCUT2D eigenvalue weighted by Gasteiger charge is 2.17. The molecule has 0 unspecified atom stereocenters. The van der Waals surface area contributed by atoms with Crippen molar-refractivity contribution >= 4 is 45.6 Å². The Morgan fingerprint density at radius 3 is 2.20 bits per heavy atom. The first-order chi connectivity index (χ1) is 17.0. The summed E-state index contributed by atoms with van der Waals surface area (Å²) < 4.78 is 6.67. The molecule has 174 valence electrons. The molecule has 0 heterocycles. The van der Waals surface area contributed by atoms with Crippen molar-refractivity contribution in [3.05, 3.63) is 124 Å². The number of carbonyl (C=O) groups excluding carboxylic acids is 1. The van der Waals surface area contributed by atoms with Crippen LogP contribution < -0.4 is 10.1 Å². The number of ether oxygens (including phenoxy) is 1. The molecule has 0 aliphatic carbocycles. The molecule has 7 heteroatoms. The maximum absolute atomic E-state index is 13.0. The average molecular weight is 546 g/mol. The number of nitrogens with one attached hydrogen (secondary N) is 1. The van der Waals surface area contributed by atoms with E-state index in [0.717, 1.165) is 14.3 Å². The normalized spacial score (nSPS) is 11.1. The molecule has 0 atom stereocenters.